The Morgan fingerprint density at radius 1 is 1.33 bits per heavy atom. The average Bonchev–Trinajstić information content (AvgIpc) is 2.64. The first-order valence-corrected chi connectivity index (χ1v) is 6.69. The van der Waals surface area contributed by atoms with Gasteiger partial charge in [0.1, 0.15) is 22.3 Å². The second kappa shape index (κ2) is 4.78. The molecule has 0 saturated carbocycles. The first kappa shape index (κ1) is 13.2. The fourth-order valence-electron chi connectivity index (χ4n) is 1.55. The van der Waals surface area contributed by atoms with Gasteiger partial charge in [-0.3, -0.25) is 14.5 Å². The minimum atomic E-state index is -1.57. The molecule has 1 atom stereocenters. The Balaban J connectivity index is 2.18. The standard InChI is InChI=1S/C12H13F2NO2S/c1-12(2)6-11(15-17-12)18(16)7-8-9(13)4-3-5-10(8)14/h3-6,15H,7H2,1-2H3/t18-/m1/s1. The Hall–Kier alpha value is -1.27. The summed E-state index contributed by atoms with van der Waals surface area (Å²) in [5, 5.41) is 0.336. The third-order valence-electron chi connectivity index (χ3n) is 2.48. The van der Waals surface area contributed by atoms with Crippen LogP contribution in [0.5, 0.6) is 0 Å². The number of halogens is 2. The van der Waals surface area contributed by atoms with Crippen LogP contribution in [0, 0.1) is 11.6 Å². The van der Waals surface area contributed by atoms with Crippen molar-refractivity contribution in [3.05, 3.63) is 46.5 Å². The van der Waals surface area contributed by atoms with Gasteiger partial charge in [0.05, 0.1) is 16.6 Å². The highest BCUT2D eigenvalue weighted by molar-refractivity contribution is 7.88. The van der Waals surface area contributed by atoms with E-state index in [1.807, 2.05) is 0 Å². The maximum absolute atomic E-state index is 13.4. The SMILES string of the molecule is CC1(C)C=C([S@](=O)Cc2c(F)cccc2F)NO1. The molecule has 1 aromatic rings. The smallest absolute Gasteiger partial charge is 0.130 e. The average molecular weight is 273 g/mol. The normalized spacial score (nSPS) is 19.2. The number of hydrogen-bond acceptors (Lipinski definition) is 3. The molecule has 6 heteroatoms. The largest absolute Gasteiger partial charge is 0.265 e. The molecule has 1 aromatic carbocycles. The number of hydroxylamine groups is 1. The molecule has 2 rings (SSSR count). The van der Waals surface area contributed by atoms with E-state index >= 15 is 0 Å². The summed E-state index contributed by atoms with van der Waals surface area (Å²) in [5.74, 6) is -1.61. The summed E-state index contributed by atoms with van der Waals surface area (Å²) in [6, 6.07) is 3.56. The number of benzene rings is 1. The molecule has 18 heavy (non-hydrogen) atoms. The van der Waals surface area contributed by atoms with Gasteiger partial charge in [-0.05, 0) is 32.1 Å². The first-order chi connectivity index (χ1) is 8.39. The maximum Gasteiger partial charge on any atom is 0.130 e. The van der Waals surface area contributed by atoms with Gasteiger partial charge in [-0.25, -0.2) is 8.78 Å². The molecule has 1 aliphatic heterocycles. The van der Waals surface area contributed by atoms with Crippen LogP contribution in [0.25, 0.3) is 0 Å². The van der Waals surface area contributed by atoms with E-state index in [0.29, 0.717) is 5.03 Å². The fraction of sp³-hybridized carbons (Fsp3) is 0.333. The topological polar surface area (TPSA) is 38.3 Å². The monoisotopic (exact) mass is 273 g/mol. The van der Waals surface area contributed by atoms with Crippen LogP contribution < -0.4 is 5.48 Å². The summed E-state index contributed by atoms with van der Waals surface area (Å²) in [6.07, 6.45) is 1.64. The molecule has 0 amide bonds. The van der Waals surface area contributed by atoms with E-state index in [-0.39, 0.29) is 11.3 Å². The van der Waals surface area contributed by atoms with Crippen molar-refractivity contribution in [3.63, 3.8) is 0 Å². The molecule has 1 heterocycles. The lowest BCUT2D eigenvalue weighted by molar-refractivity contribution is -0.0128. The van der Waals surface area contributed by atoms with E-state index in [9.17, 15) is 13.0 Å². The van der Waals surface area contributed by atoms with Crippen LogP contribution in [0.3, 0.4) is 0 Å². The molecule has 0 unspecified atom stereocenters. The van der Waals surface area contributed by atoms with E-state index in [1.165, 1.54) is 6.07 Å². The Morgan fingerprint density at radius 3 is 2.44 bits per heavy atom. The van der Waals surface area contributed by atoms with Crippen LogP contribution in [0.1, 0.15) is 19.4 Å². The minimum absolute atomic E-state index is 0.178. The predicted octanol–water partition coefficient (Wildman–Crippen LogP) is 2.37. The maximum atomic E-state index is 13.4. The minimum Gasteiger partial charge on any atom is -0.265 e. The van der Waals surface area contributed by atoms with E-state index in [0.717, 1.165) is 12.1 Å². The van der Waals surface area contributed by atoms with Gasteiger partial charge in [0.25, 0.3) is 0 Å². The quantitative estimate of drug-likeness (QED) is 0.919. The van der Waals surface area contributed by atoms with Crippen molar-refractivity contribution in [3.8, 4) is 0 Å². The summed E-state index contributed by atoms with van der Waals surface area (Å²) in [4.78, 5) is 5.15. The van der Waals surface area contributed by atoms with Crippen LogP contribution in [-0.2, 0) is 21.4 Å². The predicted molar refractivity (Wildman–Crippen MR) is 64.6 cm³/mol. The fourth-order valence-corrected chi connectivity index (χ4v) is 2.79. The van der Waals surface area contributed by atoms with Crippen molar-refractivity contribution in [2.45, 2.75) is 25.2 Å². The van der Waals surface area contributed by atoms with Crippen LogP contribution >= 0.6 is 0 Å². The second-order valence-electron chi connectivity index (χ2n) is 4.51. The molecule has 98 valence electrons. The molecule has 0 spiro atoms. The third-order valence-corrected chi connectivity index (χ3v) is 3.72. The molecule has 1 N–H and O–H groups in total. The first-order valence-electron chi connectivity index (χ1n) is 5.37. The molecular weight excluding hydrogens is 260 g/mol. The van der Waals surface area contributed by atoms with Crippen molar-refractivity contribution in [2.24, 2.45) is 0 Å². The van der Waals surface area contributed by atoms with E-state index in [4.69, 9.17) is 4.84 Å². The van der Waals surface area contributed by atoms with E-state index in [2.05, 4.69) is 5.48 Å². The van der Waals surface area contributed by atoms with Crippen LogP contribution in [-0.4, -0.2) is 9.81 Å². The van der Waals surface area contributed by atoms with Crippen LogP contribution in [0.2, 0.25) is 0 Å². The molecule has 0 fully saturated rings. The van der Waals surface area contributed by atoms with E-state index in [1.54, 1.807) is 19.9 Å². The number of rotatable bonds is 3. The van der Waals surface area contributed by atoms with Gasteiger partial charge < -0.3 is 0 Å². The molecular formula is C12H13F2NO2S. The van der Waals surface area contributed by atoms with Crippen LogP contribution in [0.4, 0.5) is 8.78 Å². The van der Waals surface area contributed by atoms with Crippen molar-refractivity contribution in [1.29, 1.82) is 0 Å². The Kier molecular flexibility index (Phi) is 3.49. The lowest BCUT2D eigenvalue weighted by atomic mass is 10.1. The third kappa shape index (κ3) is 2.76. The Morgan fingerprint density at radius 2 is 1.94 bits per heavy atom. The van der Waals surface area contributed by atoms with Gasteiger partial charge >= 0.3 is 0 Å². The van der Waals surface area contributed by atoms with Gasteiger partial charge in [-0.2, -0.15) is 0 Å². The van der Waals surface area contributed by atoms with Crippen molar-refractivity contribution < 1.29 is 17.8 Å². The van der Waals surface area contributed by atoms with Crippen molar-refractivity contribution in [1.82, 2.24) is 5.48 Å². The molecule has 0 saturated heterocycles. The zero-order valence-corrected chi connectivity index (χ0v) is 10.8. The Bertz CT molecular complexity index is 509. The van der Waals surface area contributed by atoms with Gasteiger partial charge in [0.15, 0.2) is 0 Å². The molecule has 0 bridgehead atoms. The lowest BCUT2D eigenvalue weighted by Gasteiger charge is -2.11. The molecule has 0 aromatic heterocycles. The lowest BCUT2D eigenvalue weighted by Crippen LogP contribution is -2.21. The molecule has 3 nitrogen and oxygen atoms in total. The van der Waals surface area contributed by atoms with Crippen molar-refractivity contribution in [2.75, 3.05) is 0 Å². The van der Waals surface area contributed by atoms with E-state index < -0.39 is 28.0 Å². The summed E-state index contributed by atoms with van der Waals surface area (Å²) >= 11 is 0. The van der Waals surface area contributed by atoms with Gasteiger partial charge in [0, 0.05) is 5.56 Å². The number of nitrogens with one attached hydrogen (secondary N) is 1. The Labute approximate surface area is 106 Å². The van der Waals surface area contributed by atoms with Gasteiger partial charge in [0.2, 0.25) is 0 Å². The molecule has 0 aliphatic carbocycles. The van der Waals surface area contributed by atoms with Gasteiger partial charge in [-0.1, -0.05) is 6.07 Å². The van der Waals surface area contributed by atoms with Crippen LogP contribution in [0.15, 0.2) is 29.3 Å². The zero-order chi connectivity index (χ0) is 13.3. The summed E-state index contributed by atoms with van der Waals surface area (Å²) in [5.41, 5.74) is 1.77. The second-order valence-corrected chi connectivity index (χ2v) is 5.93. The molecule has 1 aliphatic rings. The summed E-state index contributed by atoms with van der Waals surface area (Å²) in [6.45, 7) is 3.57. The molecule has 0 radical (unpaired) electrons. The van der Waals surface area contributed by atoms with Crippen molar-refractivity contribution >= 4 is 10.8 Å². The zero-order valence-electron chi connectivity index (χ0n) is 10.00. The summed E-state index contributed by atoms with van der Waals surface area (Å²) < 4.78 is 38.8. The summed E-state index contributed by atoms with van der Waals surface area (Å²) in [7, 11) is -1.57. The highest BCUT2D eigenvalue weighted by atomic mass is 32.2. The highest BCUT2D eigenvalue weighted by Crippen LogP contribution is 2.23. The highest BCUT2D eigenvalue weighted by Gasteiger charge is 2.27. The van der Waals surface area contributed by atoms with Gasteiger partial charge in [-0.15, -0.1) is 0 Å². The number of hydrogen-bond donors (Lipinski definition) is 1.